The van der Waals surface area contributed by atoms with E-state index in [4.69, 9.17) is 16.3 Å². The fraction of sp³-hybridized carbons (Fsp3) is 0.474. The average molecular weight is 378 g/mol. The van der Waals surface area contributed by atoms with E-state index in [2.05, 4.69) is 5.10 Å². The smallest absolute Gasteiger partial charge is 0.274 e. The minimum atomic E-state index is -0.980. The fourth-order valence-corrected chi connectivity index (χ4v) is 3.32. The normalized spacial score (nSPS) is 20.7. The largest absolute Gasteiger partial charge is 0.489 e. The molecule has 0 unspecified atom stereocenters. The Morgan fingerprint density at radius 2 is 2.15 bits per heavy atom. The van der Waals surface area contributed by atoms with Crippen LogP contribution in [0.25, 0.3) is 0 Å². The number of ether oxygens (including phenoxy) is 1. The monoisotopic (exact) mass is 377 g/mol. The molecule has 1 aliphatic rings. The summed E-state index contributed by atoms with van der Waals surface area (Å²) in [6, 6.07) is 7.27. The highest BCUT2D eigenvalue weighted by Crippen LogP contribution is 2.29. The van der Waals surface area contributed by atoms with Crippen LogP contribution < -0.4 is 4.74 Å². The molecular formula is C19H24ClN3O3. The number of rotatable bonds is 4. The number of aryl methyl sites for hydroxylation is 2. The van der Waals surface area contributed by atoms with Gasteiger partial charge in [-0.15, -0.1) is 0 Å². The van der Waals surface area contributed by atoms with Gasteiger partial charge in [0.2, 0.25) is 0 Å². The number of carbonyl (C=O) groups is 1. The van der Waals surface area contributed by atoms with Gasteiger partial charge in [-0.2, -0.15) is 5.10 Å². The number of nitrogens with zero attached hydrogens (tertiary/aromatic N) is 3. The van der Waals surface area contributed by atoms with Crippen molar-refractivity contribution in [3.05, 3.63) is 46.7 Å². The van der Waals surface area contributed by atoms with Crippen molar-refractivity contribution in [2.24, 2.45) is 7.05 Å². The number of likely N-dealkylation sites (tertiary alicyclic amines) is 1. The summed E-state index contributed by atoms with van der Waals surface area (Å²) < 4.78 is 7.41. The van der Waals surface area contributed by atoms with Crippen molar-refractivity contribution in [2.75, 3.05) is 19.7 Å². The third kappa shape index (κ3) is 4.37. The predicted octanol–water partition coefficient (Wildman–Crippen LogP) is 2.82. The first-order valence-corrected chi connectivity index (χ1v) is 9.14. The summed E-state index contributed by atoms with van der Waals surface area (Å²) in [7, 11) is 1.78. The summed E-state index contributed by atoms with van der Waals surface area (Å²) in [5.74, 6) is 0.475. The molecule has 1 N–H and O–H groups in total. The zero-order valence-electron chi connectivity index (χ0n) is 15.1. The SMILES string of the molecule is Cc1ccc(Cl)c(OC[C@@]2(O)CCCN(C(=O)c3ccn(C)n3)CC2)c1. The first kappa shape index (κ1) is 18.7. The van der Waals surface area contributed by atoms with Gasteiger partial charge in [0, 0.05) is 26.3 Å². The molecule has 3 rings (SSSR count). The maximum absolute atomic E-state index is 12.6. The molecule has 0 saturated carbocycles. The molecule has 140 valence electrons. The quantitative estimate of drug-likeness (QED) is 0.889. The number of hydrogen-bond donors (Lipinski definition) is 1. The second kappa shape index (κ2) is 7.68. The third-order valence-electron chi connectivity index (χ3n) is 4.72. The van der Waals surface area contributed by atoms with E-state index in [1.165, 1.54) is 0 Å². The van der Waals surface area contributed by atoms with E-state index in [1.54, 1.807) is 35.0 Å². The Balaban J connectivity index is 1.61. The van der Waals surface area contributed by atoms with Crippen molar-refractivity contribution >= 4 is 17.5 Å². The fourth-order valence-electron chi connectivity index (χ4n) is 3.15. The zero-order chi connectivity index (χ0) is 18.7. The van der Waals surface area contributed by atoms with E-state index >= 15 is 0 Å². The summed E-state index contributed by atoms with van der Waals surface area (Å²) in [5, 5.41) is 15.6. The number of benzene rings is 1. The van der Waals surface area contributed by atoms with Gasteiger partial charge in [-0.25, -0.2) is 0 Å². The minimum Gasteiger partial charge on any atom is -0.489 e. The van der Waals surface area contributed by atoms with Crippen LogP contribution in [0.1, 0.15) is 35.3 Å². The molecule has 2 aromatic rings. The van der Waals surface area contributed by atoms with Gasteiger partial charge >= 0.3 is 0 Å². The molecule has 1 amide bonds. The van der Waals surface area contributed by atoms with Crippen molar-refractivity contribution in [1.29, 1.82) is 0 Å². The Kier molecular flexibility index (Phi) is 5.53. The zero-order valence-corrected chi connectivity index (χ0v) is 15.9. The van der Waals surface area contributed by atoms with Crippen molar-refractivity contribution in [3.8, 4) is 5.75 Å². The lowest BCUT2D eigenvalue weighted by Crippen LogP contribution is -2.38. The van der Waals surface area contributed by atoms with Gasteiger partial charge in [-0.1, -0.05) is 17.7 Å². The molecule has 1 aliphatic heterocycles. The molecule has 1 saturated heterocycles. The van der Waals surface area contributed by atoms with Crippen LogP contribution in [0.15, 0.2) is 30.5 Å². The first-order valence-electron chi connectivity index (χ1n) is 8.77. The molecular weight excluding hydrogens is 354 g/mol. The Morgan fingerprint density at radius 1 is 1.35 bits per heavy atom. The molecule has 0 spiro atoms. The van der Waals surface area contributed by atoms with Crippen molar-refractivity contribution in [3.63, 3.8) is 0 Å². The van der Waals surface area contributed by atoms with Gasteiger partial charge in [0.25, 0.3) is 5.91 Å². The average Bonchev–Trinajstić information content (AvgIpc) is 2.95. The number of hydrogen-bond acceptors (Lipinski definition) is 4. The van der Waals surface area contributed by atoms with Crippen LogP contribution in [-0.4, -0.2) is 51.0 Å². The lowest BCUT2D eigenvalue weighted by Gasteiger charge is -2.27. The predicted molar refractivity (Wildman–Crippen MR) is 99.6 cm³/mol. The summed E-state index contributed by atoms with van der Waals surface area (Å²) in [4.78, 5) is 14.3. The van der Waals surface area contributed by atoms with Crippen LogP contribution in [0.3, 0.4) is 0 Å². The standard InChI is InChI=1S/C19H24ClN3O3/c1-14-4-5-15(20)17(12-14)26-13-19(25)7-3-9-23(11-8-19)18(24)16-6-10-22(2)21-16/h4-6,10,12,25H,3,7-9,11,13H2,1-2H3/t19-/m1/s1. The highest BCUT2D eigenvalue weighted by Gasteiger charge is 2.33. The molecule has 26 heavy (non-hydrogen) atoms. The summed E-state index contributed by atoms with van der Waals surface area (Å²) in [6.07, 6.45) is 3.48. The van der Waals surface area contributed by atoms with Crippen LogP contribution in [-0.2, 0) is 7.05 Å². The van der Waals surface area contributed by atoms with Crippen LogP contribution >= 0.6 is 11.6 Å². The molecule has 0 bridgehead atoms. The number of aromatic nitrogens is 2. The van der Waals surface area contributed by atoms with Gasteiger partial charge in [-0.3, -0.25) is 9.48 Å². The van der Waals surface area contributed by atoms with E-state index in [1.807, 2.05) is 19.1 Å². The van der Waals surface area contributed by atoms with Crippen LogP contribution in [0.5, 0.6) is 5.75 Å². The second-order valence-electron chi connectivity index (χ2n) is 6.97. The third-order valence-corrected chi connectivity index (χ3v) is 5.03. The molecule has 1 fully saturated rings. The molecule has 6 nitrogen and oxygen atoms in total. The van der Waals surface area contributed by atoms with E-state index < -0.39 is 5.60 Å². The van der Waals surface area contributed by atoms with Gasteiger partial charge in [-0.05, 0) is 49.9 Å². The Morgan fingerprint density at radius 3 is 2.88 bits per heavy atom. The molecule has 1 aromatic carbocycles. The number of carbonyl (C=O) groups excluding carboxylic acids is 1. The Hall–Kier alpha value is -2.05. The highest BCUT2D eigenvalue weighted by atomic mass is 35.5. The van der Waals surface area contributed by atoms with Crippen LogP contribution in [0.4, 0.5) is 0 Å². The summed E-state index contributed by atoms with van der Waals surface area (Å²) >= 11 is 6.16. The number of halogens is 1. The number of aliphatic hydroxyl groups is 1. The van der Waals surface area contributed by atoms with E-state index in [-0.39, 0.29) is 12.5 Å². The molecule has 2 heterocycles. The maximum Gasteiger partial charge on any atom is 0.274 e. The lowest BCUT2D eigenvalue weighted by atomic mass is 9.96. The van der Waals surface area contributed by atoms with E-state index in [0.717, 1.165) is 5.56 Å². The minimum absolute atomic E-state index is 0.0995. The van der Waals surface area contributed by atoms with Gasteiger partial charge in [0.05, 0.1) is 5.02 Å². The molecule has 1 atom stereocenters. The van der Waals surface area contributed by atoms with Crippen LogP contribution in [0, 0.1) is 6.92 Å². The summed E-state index contributed by atoms with van der Waals surface area (Å²) in [5.41, 5.74) is 0.497. The van der Waals surface area contributed by atoms with Crippen molar-refractivity contribution < 1.29 is 14.6 Å². The van der Waals surface area contributed by atoms with Crippen molar-refractivity contribution in [2.45, 2.75) is 31.8 Å². The molecule has 1 aromatic heterocycles. The maximum atomic E-state index is 12.6. The lowest BCUT2D eigenvalue weighted by molar-refractivity contribution is -0.0163. The Labute approximate surface area is 158 Å². The van der Waals surface area contributed by atoms with Crippen LogP contribution in [0.2, 0.25) is 5.02 Å². The first-order chi connectivity index (χ1) is 12.4. The molecule has 7 heteroatoms. The van der Waals surface area contributed by atoms with Gasteiger partial charge in [0.15, 0.2) is 0 Å². The van der Waals surface area contributed by atoms with Gasteiger partial charge < -0.3 is 14.7 Å². The Bertz CT molecular complexity index is 792. The molecule has 0 radical (unpaired) electrons. The number of amides is 1. The topological polar surface area (TPSA) is 67.6 Å². The van der Waals surface area contributed by atoms with Gasteiger partial charge in [0.1, 0.15) is 23.7 Å². The molecule has 0 aliphatic carbocycles. The van der Waals surface area contributed by atoms with Crippen molar-refractivity contribution in [1.82, 2.24) is 14.7 Å². The van der Waals surface area contributed by atoms with E-state index in [0.29, 0.717) is 48.8 Å². The summed E-state index contributed by atoms with van der Waals surface area (Å²) in [6.45, 7) is 3.19. The highest BCUT2D eigenvalue weighted by molar-refractivity contribution is 6.32. The van der Waals surface area contributed by atoms with E-state index in [9.17, 15) is 9.90 Å². The second-order valence-corrected chi connectivity index (χ2v) is 7.37.